The Kier molecular flexibility index (Phi) is 5.39. The van der Waals surface area contributed by atoms with Crippen molar-refractivity contribution >= 4 is 34.4 Å². The first-order chi connectivity index (χ1) is 15.8. The molecular formula is C27H30N2O3S. The molecule has 5 rings (SSSR count). The van der Waals surface area contributed by atoms with Gasteiger partial charge in [-0.05, 0) is 42.7 Å². The molecule has 5 nitrogen and oxygen atoms in total. The summed E-state index contributed by atoms with van der Waals surface area (Å²) in [6.07, 6.45) is 2.73. The molecule has 1 heterocycles. The fourth-order valence-electron chi connectivity index (χ4n) is 6.41. The molecule has 1 spiro atoms. The number of carbonyl (C=O) groups excluding carboxylic acids is 3. The van der Waals surface area contributed by atoms with Crippen LogP contribution in [0.25, 0.3) is 0 Å². The van der Waals surface area contributed by atoms with Crippen molar-refractivity contribution in [2.24, 2.45) is 22.7 Å². The molecule has 3 fully saturated rings. The van der Waals surface area contributed by atoms with Crippen LogP contribution >= 0.6 is 11.8 Å². The van der Waals surface area contributed by atoms with Crippen molar-refractivity contribution in [1.82, 2.24) is 5.01 Å². The van der Waals surface area contributed by atoms with E-state index in [4.69, 9.17) is 0 Å². The van der Waals surface area contributed by atoms with Gasteiger partial charge >= 0.3 is 0 Å². The Morgan fingerprint density at radius 3 is 2.33 bits per heavy atom. The third-order valence-electron chi connectivity index (χ3n) is 8.34. The maximum Gasteiger partial charge on any atom is 0.254 e. The predicted octanol–water partition coefficient (Wildman–Crippen LogP) is 5.18. The van der Waals surface area contributed by atoms with Crippen molar-refractivity contribution in [3.63, 3.8) is 0 Å². The van der Waals surface area contributed by atoms with Gasteiger partial charge in [0.1, 0.15) is 0 Å². The molecular weight excluding hydrogens is 432 g/mol. The molecule has 2 saturated carbocycles. The zero-order valence-corrected chi connectivity index (χ0v) is 20.2. The second-order valence-corrected chi connectivity index (χ2v) is 11.2. The zero-order valence-electron chi connectivity index (χ0n) is 19.4. The van der Waals surface area contributed by atoms with Gasteiger partial charge in [0.05, 0.1) is 17.1 Å². The normalized spacial score (nSPS) is 28.2. The number of nitrogens with zero attached hydrogens (tertiary/aromatic N) is 2. The molecule has 2 aromatic rings. The van der Waals surface area contributed by atoms with E-state index in [1.54, 1.807) is 22.2 Å². The van der Waals surface area contributed by atoms with E-state index in [9.17, 15) is 14.4 Å². The third-order valence-corrected chi connectivity index (χ3v) is 9.51. The first-order valence-electron chi connectivity index (χ1n) is 11.7. The van der Waals surface area contributed by atoms with Gasteiger partial charge in [-0.3, -0.25) is 14.4 Å². The number of hydrogen-bond acceptors (Lipinski definition) is 4. The number of benzene rings is 2. The predicted molar refractivity (Wildman–Crippen MR) is 131 cm³/mol. The standard InChI is InChI=1S/C27H30N2O3S/c1-18(17-33-24(31)19-10-6-4-7-11-19)23(30)29-22-16-20-14-15-27(22,26(20,2)3)25(32)28(29)21-12-8-5-9-13-21/h4-13,18,20,22H,14-17H2,1-3H3/t18-,20+,22+,27-/m0/s1. The summed E-state index contributed by atoms with van der Waals surface area (Å²) >= 11 is 1.17. The quantitative estimate of drug-likeness (QED) is 0.614. The minimum Gasteiger partial charge on any atom is -0.282 e. The van der Waals surface area contributed by atoms with Crippen LogP contribution < -0.4 is 5.01 Å². The average molecular weight is 463 g/mol. The maximum atomic E-state index is 14.0. The summed E-state index contributed by atoms with van der Waals surface area (Å²) in [6, 6.07) is 18.5. The van der Waals surface area contributed by atoms with E-state index < -0.39 is 5.41 Å². The minimum absolute atomic E-state index is 0.0369. The monoisotopic (exact) mass is 462 g/mol. The van der Waals surface area contributed by atoms with Crippen molar-refractivity contribution in [3.8, 4) is 0 Å². The molecule has 0 N–H and O–H groups in total. The number of carbonyl (C=O) groups is 3. The molecule has 33 heavy (non-hydrogen) atoms. The fourth-order valence-corrected chi connectivity index (χ4v) is 7.25. The van der Waals surface area contributed by atoms with Crippen molar-refractivity contribution in [2.75, 3.05) is 10.8 Å². The van der Waals surface area contributed by atoms with Crippen LogP contribution in [0.15, 0.2) is 60.7 Å². The number of hydrazine groups is 1. The van der Waals surface area contributed by atoms with Crippen molar-refractivity contribution in [2.45, 2.75) is 46.1 Å². The van der Waals surface area contributed by atoms with Crippen LogP contribution in [0.4, 0.5) is 5.69 Å². The molecule has 3 aliphatic rings. The first-order valence-corrected chi connectivity index (χ1v) is 12.7. The van der Waals surface area contributed by atoms with Gasteiger partial charge in [0.2, 0.25) is 11.0 Å². The van der Waals surface area contributed by atoms with E-state index in [1.165, 1.54) is 11.8 Å². The smallest absolute Gasteiger partial charge is 0.254 e. The highest BCUT2D eigenvalue weighted by Gasteiger charge is 2.75. The van der Waals surface area contributed by atoms with Gasteiger partial charge in [-0.1, -0.05) is 81.1 Å². The largest absolute Gasteiger partial charge is 0.282 e. The first kappa shape index (κ1) is 22.2. The summed E-state index contributed by atoms with van der Waals surface area (Å²) in [5.74, 6) is 0.415. The van der Waals surface area contributed by atoms with Gasteiger partial charge in [-0.25, -0.2) is 10.0 Å². The Hall–Kier alpha value is -2.60. The molecule has 2 aromatic carbocycles. The van der Waals surface area contributed by atoms with E-state index in [0.717, 1.165) is 24.9 Å². The summed E-state index contributed by atoms with van der Waals surface area (Å²) in [6.45, 7) is 6.28. The molecule has 4 atom stereocenters. The number of anilines is 1. The molecule has 0 radical (unpaired) electrons. The van der Waals surface area contributed by atoms with E-state index in [-0.39, 0.29) is 34.3 Å². The molecule has 172 valence electrons. The summed E-state index contributed by atoms with van der Waals surface area (Å²) in [7, 11) is 0. The van der Waals surface area contributed by atoms with Crippen molar-refractivity contribution in [3.05, 3.63) is 66.2 Å². The molecule has 0 unspecified atom stereocenters. The Bertz CT molecular complexity index is 1090. The summed E-state index contributed by atoms with van der Waals surface area (Å²) in [5, 5.41) is 3.37. The van der Waals surface area contributed by atoms with Crippen molar-refractivity contribution < 1.29 is 14.4 Å². The highest BCUT2D eigenvalue weighted by Crippen LogP contribution is 2.70. The van der Waals surface area contributed by atoms with Crippen LogP contribution in [0.1, 0.15) is 50.4 Å². The van der Waals surface area contributed by atoms with E-state index >= 15 is 0 Å². The highest BCUT2D eigenvalue weighted by molar-refractivity contribution is 8.14. The molecule has 2 amide bonds. The van der Waals surface area contributed by atoms with E-state index in [0.29, 0.717) is 17.2 Å². The van der Waals surface area contributed by atoms with E-state index in [2.05, 4.69) is 13.8 Å². The van der Waals surface area contributed by atoms with Gasteiger partial charge in [0, 0.05) is 17.2 Å². The summed E-state index contributed by atoms with van der Waals surface area (Å²) in [5.41, 5.74) is 0.700. The highest BCUT2D eigenvalue weighted by atomic mass is 32.2. The Morgan fingerprint density at radius 2 is 1.70 bits per heavy atom. The van der Waals surface area contributed by atoms with Crippen LogP contribution in [0.2, 0.25) is 0 Å². The van der Waals surface area contributed by atoms with Gasteiger partial charge in [-0.15, -0.1) is 0 Å². The van der Waals surface area contributed by atoms with Gasteiger partial charge in [0.15, 0.2) is 0 Å². The maximum absolute atomic E-state index is 14.0. The van der Waals surface area contributed by atoms with Crippen LogP contribution in [0, 0.1) is 22.7 Å². The number of amides is 2. The van der Waals surface area contributed by atoms with Gasteiger partial charge in [0.25, 0.3) is 5.91 Å². The zero-order chi connectivity index (χ0) is 23.4. The number of fused-ring (bicyclic) bond motifs is 1. The van der Waals surface area contributed by atoms with Crippen LogP contribution in [0.3, 0.4) is 0 Å². The molecule has 1 aliphatic heterocycles. The minimum atomic E-state index is -0.532. The number of para-hydroxylation sites is 1. The Morgan fingerprint density at radius 1 is 1.06 bits per heavy atom. The van der Waals surface area contributed by atoms with Gasteiger partial charge < -0.3 is 0 Å². The summed E-state index contributed by atoms with van der Waals surface area (Å²) < 4.78 is 0. The number of rotatable bonds is 5. The molecule has 6 heteroatoms. The topological polar surface area (TPSA) is 57.7 Å². The lowest BCUT2D eigenvalue weighted by molar-refractivity contribution is -0.137. The SMILES string of the molecule is C[C@@H](CSC(=O)c1ccccc1)C(=O)N1[C@@H]2C[C@H]3CC[C@]2(C(=O)N1c1ccccc1)C3(C)C. The van der Waals surface area contributed by atoms with E-state index in [1.807, 2.05) is 55.5 Å². The lowest BCUT2D eigenvalue weighted by Gasteiger charge is -2.35. The average Bonchev–Trinajstić information content (AvgIpc) is 3.35. The molecule has 0 aromatic heterocycles. The molecule has 2 aliphatic carbocycles. The fraction of sp³-hybridized carbons (Fsp3) is 0.444. The molecule has 2 bridgehead atoms. The summed E-state index contributed by atoms with van der Waals surface area (Å²) in [4.78, 5) is 40.5. The number of hydrogen-bond donors (Lipinski definition) is 0. The second-order valence-electron chi connectivity index (χ2n) is 10.2. The van der Waals surface area contributed by atoms with Crippen LogP contribution in [-0.4, -0.2) is 33.7 Å². The van der Waals surface area contributed by atoms with Crippen LogP contribution in [0.5, 0.6) is 0 Å². The molecule has 1 saturated heterocycles. The Balaban J connectivity index is 1.43. The third kappa shape index (κ3) is 3.17. The second kappa shape index (κ2) is 8.01. The lowest BCUT2D eigenvalue weighted by Crippen LogP contribution is -2.50. The van der Waals surface area contributed by atoms with Gasteiger partial charge in [-0.2, -0.15) is 0 Å². The van der Waals surface area contributed by atoms with Crippen molar-refractivity contribution in [1.29, 1.82) is 0 Å². The number of thioether (sulfide) groups is 1. The lowest BCUT2D eigenvalue weighted by atomic mass is 9.67. The Labute approximate surface area is 199 Å². The van der Waals surface area contributed by atoms with Crippen LogP contribution in [-0.2, 0) is 9.59 Å².